The van der Waals surface area contributed by atoms with Crippen LogP contribution < -0.4 is 4.74 Å². The van der Waals surface area contributed by atoms with Crippen LogP contribution in [0, 0.1) is 13.8 Å². The number of ether oxygens (including phenoxy) is 1. The Morgan fingerprint density at radius 3 is 2.68 bits per heavy atom. The van der Waals surface area contributed by atoms with Gasteiger partial charge in [0.15, 0.2) is 0 Å². The van der Waals surface area contributed by atoms with Gasteiger partial charge in [0.05, 0.1) is 23.6 Å². The van der Waals surface area contributed by atoms with Gasteiger partial charge in [0.1, 0.15) is 18.2 Å². The molecule has 1 atom stereocenters. The van der Waals surface area contributed by atoms with Gasteiger partial charge in [-0.3, -0.25) is 4.79 Å². The molecule has 0 radical (unpaired) electrons. The SMILES string of the molecule is CC(=O)N1CCC[C@H]1c1nc2ccccc2n1CCOc1cc(C)cc(C)c1. The van der Waals surface area contributed by atoms with Crippen LogP contribution in [-0.2, 0) is 11.3 Å². The predicted octanol–water partition coefficient (Wildman–Crippen LogP) is 4.42. The minimum absolute atomic E-state index is 0.0473. The van der Waals surface area contributed by atoms with E-state index in [2.05, 4.69) is 42.7 Å². The third-order valence-electron chi connectivity index (χ3n) is 5.42. The Kier molecular flexibility index (Phi) is 5.07. The molecule has 1 aliphatic rings. The number of carbonyl (C=O) groups is 1. The number of aromatic nitrogens is 2. The fourth-order valence-electron chi connectivity index (χ4n) is 4.27. The minimum Gasteiger partial charge on any atom is -0.492 e. The smallest absolute Gasteiger partial charge is 0.220 e. The first-order chi connectivity index (χ1) is 13.5. The standard InChI is InChI=1S/C23H27N3O2/c1-16-13-17(2)15-19(14-16)28-12-11-26-21-8-5-4-7-20(21)24-23(26)22-9-6-10-25(22)18(3)27/h4-5,7-8,13-15,22H,6,9-12H2,1-3H3/t22-/m0/s1. The number of fused-ring (bicyclic) bond motifs is 1. The molecule has 0 N–H and O–H groups in total. The topological polar surface area (TPSA) is 47.4 Å². The first kappa shape index (κ1) is 18.5. The van der Waals surface area contributed by atoms with Crippen molar-refractivity contribution in [3.8, 4) is 5.75 Å². The fourth-order valence-corrected chi connectivity index (χ4v) is 4.27. The van der Waals surface area contributed by atoms with Crippen LogP contribution in [-0.4, -0.2) is 33.5 Å². The van der Waals surface area contributed by atoms with Crippen molar-refractivity contribution in [3.63, 3.8) is 0 Å². The molecule has 0 unspecified atom stereocenters. The van der Waals surface area contributed by atoms with Gasteiger partial charge in [-0.1, -0.05) is 18.2 Å². The summed E-state index contributed by atoms with van der Waals surface area (Å²) in [5.74, 6) is 1.99. The van der Waals surface area contributed by atoms with Crippen LogP contribution in [0.4, 0.5) is 0 Å². The number of para-hydroxylation sites is 2. The number of hydrogen-bond donors (Lipinski definition) is 0. The minimum atomic E-state index is 0.0473. The quantitative estimate of drug-likeness (QED) is 0.661. The summed E-state index contributed by atoms with van der Waals surface area (Å²) in [6.07, 6.45) is 1.98. The number of imidazole rings is 1. The number of amides is 1. The van der Waals surface area contributed by atoms with Gasteiger partial charge in [-0.2, -0.15) is 0 Å². The zero-order chi connectivity index (χ0) is 19.7. The highest BCUT2D eigenvalue weighted by Gasteiger charge is 2.32. The van der Waals surface area contributed by atoms with Crippen LogP contribution in [0.1, 0.15) is 42.8 Å². The van der Waals surface area contributed by atoms with Crippen LogP contribution in [0.5, 0.6) is 5.75 Å². The zero-order valence-electron chi connectivity index (χ0n) is 16.8. The maximum Gasteiger partial charge on any atom is 0.220 e. The Morgan fingerprint density at radius 1 is 1.18 bits per heavy atom. The summed E-state index contributed by atoms with van der Waals surface area (Å²) in [5.41, 5.74) is 4.47. The van der Waals surface area contributed by atoms with Crippen molar-refractivity contribution in [1.82, 2.24) is 14.5 Å². The number of hydrogen-bond acceptors (Lipinski definition) is 3. The average molecular weight is 377 g/mol. The molecule has 0 aliphatic carbocycles. The monoisotopic (exact) mass is 377 g/mol. The largest absolute Gasteiger partial charge is 0.492 e. The maximum atomic E-state index is 12.1. The van der Waals surface area contributed by atoms with E-state index in [1.165, 1.54) is 11.1 Å². The number of rotatable bonds is 5. The van der Waals surface area contributed by atoms with E-state index in [-0.39, 0.29) is 11.9 Å². The highest BCUT2D eigenvalue weighted by atomic mass is 16.5. The Morgan fingerprint density at radius 2 is 1.93 bits per heavy atom. The molecular weight excluding hydrogens is 350 g/mol. The number of carbonyl (C=O) groups excluding carboxylic acids is 1. The summed E-state index contributed by atoms with van der Waals surface area (Å²) in [6, 6.07) is 14.5. The van der Waals surface area contributed by atoms with Crippen molar-refractivity contribution in [2.24, 2.45) is 0 Å². The van der Waals surface area contributed by atoms with Crippen molar-refractivity contribution in [2.45, 2.75) is 46.2 Å². The van der Waals surface area contributed by atoms with Gasteiger partial charge in [0.2, 0.25) is 5.91 Å². The van der Waals surface area contributed by atoms with E-state index < -0.39 is 0 Å². The lowest BCUT2D eigenvalue weighted by Gasteiger charge is -2.24. The molecule has 0 saturated carbocycles. The lowest BCUT2D eigenvalue weighted by molar-refractivity contribution is -0.129. The molecule has 0 bridgehead atoms. The number of benzene rings is 2. The highest BCUT2D eigenvalue weighted by Crippen LogP contribution is 2.33. The Hall–Kier alpha value is -2.82. The predicted molar refractivity (Wildman–Crippen MR) is 111 cm³/mol. The highest BCUT2D eigenvalue weighted by molar-refractivity contribution is 5.77. The van der Waals surface area contributed by atoms with Crippen molar-refractivity contribution in [2.75, 3.05) is 13.2 Å². The molecule has 3 aromatic rings. The number of aryl methyl sites for hydroxylation is 2. The van der Waals surface area contributed by atoms with E-state index in [9.17, 15) is 4.79 Å². The molecule has 1 amide bonds. The maximum absolute atomic E-state index is 12.1. The average Bonchev–Trinajstić information content (AvgIpc) is 3.26. The molecule has 5 nitrogen and oxygen atoms in total. The molecule has 28 heavy (non-hydrogen) atoms. The van der Waals surface area contributed by atoms with E-state index >= 15 is 0 Å². The normalized spacial score (nSPS) is 16.7. The van der Waals surface area contributed by atoms with Crippen molar-refractivity contribution in [3.05, 3.63) is 59.4 Å². The van der Waals surface area contributed by atoms with E-state index in [0.717, 1.165) is 42.0 Å². The zero-order valence-corrected chi connectivity index (χ0v) is 16.8. The van der Waals surface area contributed by atoms with Crippen molar-refractivity contribution >= 4 is 16.9 Å². The summed E-state index contributed by atoms with van der Waals surface area (Å²) >= 11 is 0. The molecule has 146 valence electrons. The summed E-state index contributed by atoms with van der Waals surface area (Å²) in [4.78, 5) is 18.9. The van der Waals surface area contributed by atoms with E-state index in [0.29, 0.717) is 13.2 Å². The Balaban J connectivity index is 1.61. The molecule has 1 saturated heterocycles. The second-order valence-electron chi connectivity index (χ2n) is 7.65. The lowest BCUT2D eigenvalue weighted by Crippen LogP contribution is -2.30. The lowest BCUT2D eigenvalue weighted by atomic mass is 10.1. The number of nitrogens with zero attached hydrogens (tertiary/aromatic N) is 3. The summed E-state index contributed by atoms with van der Waals surface area (Å²) in [6.45, 7) is 7.88. The molecule has 1 aliphatic heterocycles. The van der Waals surface area contributed by atoms with E-state index in [1.54, 1.807) is 6.92 Å². The molecule has 1 aromatic heterocycles. The van der Waals surface area contributed by atoms with Crippen LogP contribution in [0.25, 0.3) is 11.0 Å². The molecule has 5 heteroatoms. The second-order valence-corrected chi connectivity index (χ2v) is 7.65. The molecule has 2 heterocycles. The van der Waals surface area contributed by atoms with Gasteiger partial charge in [0.25, 0.3) is 0 Å². The van der Waals surface area contributed by atoms with Gasteiger partial charge in [0, 0.05) is 13.5 Å². The molecule has 4 rings (SSSR count). The molecule has 1 fully saturated rings. The third kappa shape index (κ3) is 3.61. The van der Waals surface area contributed by atoms with Crippen molar-refractivity contribution in [1.29, 1.82) is 0 Å². The van der Waals surface area contributed by atoms with Gasteiger partial charge >= 0.3 is 0 Å². The molecule has 0 spiro atoms. The summed E-state index contributed by atoms with van der Waals surface area (Å²) in [7, 11) is 0. The van der Waals surface area contributed by atoms with Crippen molar-refractivity contribution < 1.29 is 9.53 Å². The fraction of sp³-hybridized carbons (Fsp3) is 0.391. The van der Waals surface area contributed by atoms with Gasteiger partial charge in [-0.15, -0.1) is 0 Å². The molecule has 2 aromatic carbocycles. The van der Waals surface area contributed by atoms with E-state index in [1.807, 2.05) is 23.1 Å². The van der Waals surface area contributed by atoms with Gasteiger partial charge in [-0.05, 0) is 62.1 Å². The summed E-state index contributed by atoms with van der Waals surface area (Å²) < 4.78 is 8.28. The summed E-state index contributed by atoms with van der Waals surface area (Å²) in [5, 5.41) is 0. The third-order valence-corrected chi connectivity index (χ3v) is 5.42. The van der Waals surface area contributed by atoms with E-state index in [4.69, 9.17) is 9.72 Å². The Bertz CT molecular complexity index is 988. The van der Waals surface area contributed by atoms with Gasteiger partial charge < -0.3 is 14.2 Å². The first-order valence-electron chi connectivity index (χ1n) is 9.96. The second kappa shape index (κ2) is 7.66. The number of likely N-dealkylation sites (tertiary alicyclic amines) is 1. The molecular formula is C23H27N3O2. The van der Waals surface area contributed by atoms with Crippen LogP contribution in [0.15, 0.2) is 42.5 Å². The van der Waals surface area contributed by atoms with Crippen LogP contribution in [0.3, 0.4) is 0 Å². The first-order valence-corrected chi connectivity index (χ1v) is 9.96. The van der Waals surface area contributed by atoms with Gasteiger partial charge in [-0.25, -0.2) is 4.98 Å². The van der Waals surface area contributed by atoms with Crippen LogP contribution in [0.2, 0.25) is 0 Å². The Labute approximate surface area is 165 Å². The van der Waals surface area contributed by atoms with Crippen LogP contribution >= 0.6 is 0 Å².